The summed E-state index contributed by atoms with van der Waals surface area (Å²) in [5.41, 5.74) is 0. The van der Waals surface area contributed by atoms with Gasteiger partial charge in [-0.2, -0.15) is 0 Å². The molecule has 0 aromatic heterocycles. The van der Waals surface area contributed by atoms with Crippen LogP contribution in [0.2, 0.25) is 0 Å². The van der Waals surface area contributed by atoms with Crippen molar-refractivity contribution >= 4 is 0 Å². The molecule has 0 saturated carbocycles. The van der Waals surface area contributed by atoms with Crippen LogP contribution in [0.15, 0.2) is 0 Å². The summed E-state index contributed by atoms with van der Waals surface area (Å²) in [6, 6.07) is 0. The van der Waals surface area contributed by atoms with E-state index in [1.807, 2.05) is 5.32 Å². The summed E-state index contributed by atoms with van der Waals surface area (Å²) in [7, 11) is 1.19. The average molecular weight is 175 g/mol. The second-order valence-electron chi connectivity index (χ2n) is 1.95. The van der Waals surface area contributed by atoms with Crippen LogP contribution in [-0.2, 0) is 4.74 Å². The first-order valence-electron chi connectivity index (χ1n) is 2.92. The van der Waals surface area contributed by atoms with E-state index in [-0.39, 0.29) is 0 Å². The maximum Gasteiger partial charge on any atom is 0.524 e. The third-order valence-corrected chi connectivity index (χ3v) is 0.962. The number of hydrogen-bond donors (Lipinski definition) is 1. The Bertz CT molecular complexity index is 114. The number of rotatable bonds is 3. The first-order chi connectivity index (χ1) is 4.87. The predicted molar refractivity (Wildman–Crippen MR) is 30.6 cm³/mol. The Morgan fingerprint density at radius 2 is 1.82 bits per heavy atom. The zero-order chi connectivity index (χ0) is 9.07. The van der Waals surface area contributed by atoms with Gasteiger partial charge >= 0.3 is 6.36 Å². The molecule has 11 heavy (non-hydrogen) atoms. The average Bonchev–Trinajstić information content (AvgIpc) is 1.80. The Morgan fingerprint density at radius 1 is 1.36 bits per heavy atom. The van der Waals surface area contributed by atoms with E-state index >= 15 is 0 Å². The fraction of sp³-hybridized carbons (Fsp3) is 1.00. The second-order valence-corrected chi connectivity index (χ2v) is 1.95. The first kappa shape index (κ1) is 10.6. The molecule has 68 valence electrons. The molecule has 0 aliphatic rings. The molecule has 2 unspecified atom stereocenters. The Labute approximate surface area is 61.5 Å². The highest BCUT2D eigenvalue weighted by Gasteiger charge is 2.35. The molecule has 0 amide bonds. The molecule has 0 spiro atoms. The van der Waals surface area contributed by atoms with Crippen LogP contribution in [0.5, 0.6) is 0 Å². The van der Waals surface area contributed by atoms with Gasteiger partial charge in [-0.3, -0.25) is 10.1 Å². The molecule has 0 aliphatic heterocycles. The largest absolute Gasteiger partial charge is 0.524 e. The van der Waals surface area contributed by atoms with Gasteiger partial charge in [-0.05, 0) is 14.0 Å². The molecule has 0 aromatic carbocycles. The van der Waals surface area contributed by atoms with E-state index in [0.717, 1.165) is 6.92 Å². The van der Waals surface area contributed by atoms with E-state index < -0.39 is 18.8 Å². The smallest absolute Gasteiger partial charge is 0.292 e. The highest BCUT2D eigenvalue weighted by molar-refractivity contribution is 4.59. The van der Waals surface area contributed by atoms with Crippen LogP contribution in [0.4, 0.5) is 17.6 Å². The summed E-state index contributed by atoms with van der Waals surface area (Å²) in [6.07, 6.45) is -8.13. The molecule has 0 fully saturated rings. The van der Waals surface area contributed by atoms with E-state index in [0.29, 0.717) is 0 Å². The van der Waals surface area contributed by atoms with Gasteiger partial charge in [0.2, 0.25) is 0 Å². The number of alkyl halides is 4. The first-order valence-corrected chi connectivity index (χ1v) is 2.92. The lowest BCUT2D eigenvalue weighted by atomic mass is 10.4. The summed E-state index contributed by atoms with van der Waals surface area (Å²) in [5.74, 6) is 0. The molecule has 0 aliphatic carbocycles. The molecule has 0 aromatic rings. The predicted octanol–water partition coefficient (Wildman–Crippen LogP) is 1.43. The van der Waals surface area contributed by atoms with Gasteiger partial charge in [0.1, 0.15) is 12.4 Å². The Hall–Kier alpha value is -0.360. The van der Waals surface area contributed by atoms with Gasteiger partial charge in [0.05, 0.1) is 0 Å². The number of hydrogen-bond acceptors (Lipinski definition) is 2. The zero-order valence-electron chi connectivity index (χ0n) is 6.07. The number of ether oxygens (including phenoxy) is 1. The fourth-order valence-electron chi connectivity index (χ4n) is 0.526. The van der Waals surface area contributed by atoms with Gasteiger partial charge in [-0.25, -0.2) is 4.39 Å². The van der Waals surface area contributed by atoms with Crippen LogP contribution in [0, 0.1) is 0 Å². The van der Waals surface area contributed by atoms with Gasteiger partial charge in [0, 0.05) is 0 Å². The van der Waals surface area contributed by atoms with Gasteiger partial charge in [0.25, 0.3) is 0 Å². The van der Waals surface area contributed by atoms with E-state index in [1.54, 1.807) is 0 Å². The standard InChI is InChI=1S/C5H9F4NO/c1-3(6)4(10-2)11-5(7,8)9/h3-4,10H,1-2H3. The topological polar surface area (TPSA) is 21.3 Å². The zero-order valence-corrected chi connectivity index (χ0v) is 6.07. The summed E-state index contributed by atoms with van der Waals surface area (Å²) in [6.45, 7) is 0.979. The van der Waals surface area contributed by atoms with Gasteiger partial charge in [-0.15, -0.1) is 13.2 Å². The van der Waals surface area contributed by atoms with Crippen LogP contribution in [0.3, 0.4) is 0 Å². The van der Waals surface area contributed by atoms with Crippen LogP contribution in [-0.4, -0.2) is 25.8 Å². The third-order valence-electron chi connectivity index (χ3n) is 0.962. The lowest BCUT2D eigenvalue weighted by Crippen LogP contribution is -2.40. The lowest BCUT2D eigenvalue weighted by Gasteiger charge is -2.19. The highest BCUT2D eigenvalue weighted by Crippen LogP contribution is 2.19. The molecular formula is C5H9F4NO. The van der Waals surface area contributed by atoms with Gasteiger partial charge in [0.15, 0.2) is 0 Å². The van der Waals surface area contributed by atoms with Crippen LogP contribution >= 0.6 is 0 Å². The third kappa shape index (κ3) is 4.97. The minimum atomic E-state index is -4.80. The molecule has 2 atom stereocenters. The van der Waals surface area contributed by atoms with Crippen molar-refractivity contribution in [3.8, 4) is 0 Å². The molecule has 0 radical (unpaired) electrons. The van der Waals surface area contributed by atoms with Gasteiger partial charge < -0.3 is 0 Å². The van der Waals surface area contributed by atoms with Gasteiger partial charge in [-0.1, -0.05) is 0 Å². The number of nitrogens with one attached hydrogen (secondary N) is 1. The Balaban J connectivity index is 3.88. The maximum absolute atomic E-state index is 12.2. The lowest BCUT2D eigenvalue weighted by molar-refractivity contribution is -0.351. The van der Waals surface area contributed by atoms with Crippen molar-refractivity contribution in [3.05, 3.63) is 0 Å². The fourth-order valence-corrected chi connectivity index (χ4v) is 0.526. The van der Waals surface area contributed by atoms with Crippen LogP contribution < -0.4 is 5.32 Å². The maximum atomic E-state index is 12.2. The van der Waals surface area contributed by atoms with Crippen molar-refractivity contribution in [1.82, 2.24) is 5.32 Å². The number of halogens is 4. The van der Waals surface area contributed by atoms with Crippen molar-refractivity contribution in [3.63, 3.8) is 0 Å². The Kier molecular flexibility index (Phi) is 3.74. The summed E-state index contributed by atoms with van der Waals surface area (Å²) in [5, 5.41) is 2.04. The van der Waals surface area contributed by atoms with Crippen molar-refractivity contribution < 1.29 is 22.3 Å². The van der Waals surface area contributed by atoms with E-state index in [2.05, 4.69) is 4.74 Å². The van der Waals surface area contributed by atoms with Crippen molar-refractivity contribution in [2.45, 2.75) is 25.7 Å². The summed E-state index contributed by atoms with van der Waals surface area (Å²) in [4.78, 5) is 0. The van der Waals surface area contributed by atoms with Crippen molar-refractivity contribution in [1.29, 1.82) is 0 Å². The molecule has 0 rings (SSSR count). The van der Waals surface area contributed by atoms with E-state index in [4.69, 9.17) is 0 Å². The molecular weight excluding hydrogens is 166 g/mol. The molecule has 0 bridgehead atoms. The Morgan fingerprint density at radius 3 is 1.91 bits per heavy atom. The summed E-state index contributed by atoms with van der Waals surface area (Å²) >= 11 is 0. The van der Waals surface area contributed by atoms with Crippen molar-refractivity contribution in [2.24, 2.45) is 0 Å². The van der Waals surface area contributed by atoms with Crippen molar-refractivity contribution in [2.75, 3.05) is 7.05 Å². The van der Waals surface area contributed by atoms with Crippen LogP contribution in [0.1, 0.15) is 6.92 Å². The minimum absolute atomic E-state index is 0.979. The molecule has 6 heteroatoms. The highest BCUT2D eigenvalue weighted by atomic mass is 19.4. The molecule has 0 saturated heterocycles. The molecule has 2 nitrogen and oxygen atoms in total. The SMILES string of the molecule is CNC(OC(F)(F)F)C(C)F. The normalized spacial score (nSPS) is 18.0. The minimum Gasteiger partial charge on any atom is -0.292 e. The molecule has 1 N–H and O–H groups in total. The van der Waals surface area contributed by atoms with E-state index in [9.17, 15) is 17.6 Å². The monoisotopic (exact) mass is 175 g/mol. The molecule has 0 heterocycles. The summed E-state index contributed by atoms with van der Waals surface area (Å²) < 4.78 is 49.8. The quantitative estimate of drug-likeness (QED) is 0.517. The van der Waals surface area contributed by atoms with E-state index in [1.165, 1.54) is 7.05 Å². The van der Waals surface area contributed by atoms with Crippen LogP contribution in [0.25, 0.3) is 0 Å². The second kappa shape index (κ2) is 3.87.